The highest BCUT2D eigenvalue weighted by Gasteiger charge is 2.16. The van der Waals surface area contributed by atoms with E-state index in [-0.39, 0.29) is 5.78 Å². The van der Waals surface area contributed by atoms with Gasteiger partial charge in [0.1, 0.15) is 0 Å². The minimum Gasteiger partial charge on any atom is -0.408 e. The van der Waals surface area contributed by atoms with Gasteiger partial charge in [-0.2, -0.15) is 0 Å². The smallest absolute Gasteiger partial charge is 0.408 e. The summed E-state index contributed by atoms with van der Waals surface area (Å²) in [6.45, 7) is 2.40. The average molecular weight is 431 g/mol. The first-order chi connectivity index (χ1) is 10.0. The molecule has 3 rings (SSSR count). The monoisotopic (exact) mass is 429 g/mol. The van der Waals surface area contributed by atoms with Crippen molar-refractivity contribution in [3.8, 4) is 0 Å². The van der Waals surface area contributed by atoms with Gasteiger partial charge in [-0.3, -0.25) is 9.36 Å². The van der Waals surface area contributed by atoms with Crippen molar-refractivity contribution in [3.05, 3.63) is 53.5 Å². The Labute approximate surface area is 140 Å². The van der Waals surface area contributed by atoms with Crippen LogP contribution < -0.4 is 5.76 Å². The van der Waals surface area contributed by atoms with E-state index in [9.17, 15) is 9.59 Å². The van der Waals surface area contributed by atoms with E-state index in [2.05, 4.69) is 31.9 Å². The number of nitrogens with zero attached hydrogens (tertiary/aromatic N) is 1. The summed E-state index contributed by atoms with van der Waals surface area (Å²) in [4.78, 5) is 24.7. The van der Waals surface area contributed by atoms with Crippen molar-refractivity contribution in [1.29, 1.82) is 0 Å². The number of carbonyl (C=O) groups excluding carboxylic acids is 1. The van der Waals surface area contributed by atoms with E-state index in [1.165, 1.54) is 15.9 Å². The van der Waals surface area contributed by atoms with Gasteiger partial charge in [-0.15, -0.1) is 11.3 Å². The Kier molecular flexibility index (Phi) is 3.90. The Hall–Kier alpha value is -1.18. The van der Waals surface area contributed by atoms with Crippen LogP contribution in [0.3, 0.4) is 0 Å². The molecule has 0 saturated heterocycles. The van der Waals surface area contributed by atoms with Crippen molar-refractivity contribution in [2.75, 3.05) is 0 Å². The molecule has 0 spiro atoms. The molecule has 0 N–H and O–H groups in total. The van der Waals surface area contributed by atoms with E-state index in [4.69, 9.17) is 4.42 Å². The number of fused-ring (bicyclic) bond motifs is 1. The van der Waals surface area contributed by atoms with Gasteiger partial charge in [0.25, 0.3) is 0 Å². The van der Waals surface area contributed by atoms with E-state index in [0.29, 0.717) is 28.1 Å². The molecule has 108 valence electrons. The molecular weight excluding hydrogens is 422 g/mol. The van der Waals surface area contributed by atoms with E-state index in [1.807, 2.05) is 6.92 Å². The van der Waals surface area contributed by atoms with Crippen LogP contribution in [0.25, 0.3) is 11.1 Å². The molecule has 7 heteroatoms. The zero-order chi connectivity index (χ0) is 15.1. The molecule has 0 aliphatic carbocycles. The first-order valence-electron chi connectivity index (χ1n) is 6.14. The van der Waals surface area contributed by atoms with E-state index in [1.54, 1.807) is 24.3 Å². The summed E-state index contributed by atoms with van der Waals surface area (Å²) >= 11 is 8.10. The van der Waals surface area contributed by atoms with Gasteiger partial charge in [-0.25, -0.2) is 4.79 Å². The third kappa shape index (κ3) is 2.54. The summed E-state index contributed by atoms with van der Waals surface area (Å²) in [5.41, 5.74) is 1.63. The molecule has 21 heavy (non-hydrogen) atoms. The molecule has 4 nitrogen and oxygen atoms in total. The zero-order valence-corrected chi connectivity index (χ0v) is 14.8. The molecule has 2 heterocycles. The van der Waals surface area contributed by atoms with E-state index in [0.717, 1.165) is 8.26 Å². The molecular formula is C14H9Br2NO3S. The quantitative estimate of drug-likeness (QED) is 0.577. The Morgan fingerprint density at radius 1 is 1.33 bits per heavy atom. The molecule has 0 aliphatic heterocycles. The third-order valence-corrected chi connectivity index (χ3v) is 6.37. The van der Waals surface area contributed by atoms with Crippen LogP contribution in [0, 0.1) is 0 Å². The van der Waals surface area contributed by atoms with Crippen LogP contribution >= 0.6 is 43.2 Å². The summed E-state index contributed by atoms with van der Waals surface area (Å²) in [5.74, 6) is -0.501. The van der Waals surface area contributed by atoms with Crippen molar-refractivity contribution >= 4 is 60.1 Å². The number of halogens is 2. The number of hydrogen-bond acceptors (Lipinski definition) is 4. The number of hydrogen-bond donors (Lipinski definition) is 0. The summed E-state index contributed by atoms with van der Waals surface area (Å²) in [5, 5.41) is 0. The first-order valence-corrected chi connectivity index (χ1v) is 8.54. The molecule has 0 radical (unpaired) electrons. The second-order valence-electron chi connectivity index (χ2n) is 4.36. The molecule has 1 aromatic carbocycles. The number of oxazole rings is 1. The van der Waals surface area contributed by atoms with Gasteiger partial charge in [0, 0.05) is 16.6 Å². The molecule has 0 amide bonds. The van der Waals surface area contributed by atoms with Gasteiger partial charge in [0.15, 0.2) is 5.58 Å². The van der Waals surface area contributed by atoms with Crippen LogP contribution in [0.5, 0.6) is 0 Å². The van der Waals surface area contributed by atoms with Crippen LogP contribution in [0.4, 0.5) is 0 Å². The largest absolute Gasteiger partial charge is 0.419 e. The summed E-state index contributed by atoms with van der Waals surface area (Å²) in [6, 6.07) is 6.85. The number of thiophene rings is 1. The second-order valence-corrected chi connectivity index (χ2v) is 7.58. The summed E-state index contributed by atoms with van der Waals surface area (Å²) in [6.07, 6.45) is 0. The summed E-state index contributed by atoms with van der Waals surface area (Å²) in [7, 11) is 0. The second kappa shape index (κ2) is 5.55. The van der Waals surface area contributed by atoms with Crippen LogP contribution in [0.15, 0.2) is 41.7 Å². The fourth-order valence-electron chi connectivity index (χ4n) is 2.11. The average Bonchev–Trinajstić information content (AvgIpc) is 2.96. The van der Waals surface area contributed by atoms with Gasteiger partial charge in [0.2, 0.25) is 5.78 Å². The van der Waals surface area contributed by atoms with Crippen LogP contribution in [0.2, 0.25) is 0 Å². The van der Waals surface area contributed by atoms with E-state index >= 15 is 0 Å². The lowest BCUT2D eigenvalue weighted by Crippen LogP contribution is -2.11. The SMILES string of the molecule is CCn1c(=O)oc2cc(C(=O)c3cc(Br)c(Br)s3)ccc21. The number of benzene rings is 1. The zero-order valence-electron chi connectivity index (χ0n) is 10.9. The molecule has 0 fully saturated rings. The molecule has 0 saturated carbocycles. The Morgan fingerprint density at radius 2 is 2.10 bits per heavy atom. The van der Waals surface area contributed by atoms with Crippen molar-refractivity contribution in [1.82, 2.24) is 4.57 Å². The van der Waals surface area contributed by atoms with Crippen molar-refractivity contribution in [2.24, 2.45) is 0 Å². The standard InChI is InChI=1S/C14H9Br2NO3S/c1-2-17-9-4-3-7(5-10(9)20-14(17)19)12(18)11-6-8(15)13(16)21-11/h3-6H,2H2,1H3. The van der Waals surface area contributed by atoms with Gasteiger partial charge >= 0.3 is 5.76 Å². The fraction of sp³-hybridized carbons (Fsp3) is 0.143. The predicted molar refractivity (Wildman–Crippen MR) is 89.3 cm³/mol. The Bertz CT molecular complexity index is 887. The molecule has 2 aromatic heterocycles. The van der Waals surface area contributed by atoms with Crippen molar-refractivity contribution < 1.29 is 9.21 Å². The summed E-state index contributed by atoms with van der Waals surface area (Å²) < 4.78 is 8.43. The van der Waals surface area contributed by atoms with Gasteiger partial charge in [-0.05, 0) is 63.0 Å². The number of rotatable bonds is 3. The van der Waals surface area contributed by atoms with Gasteiger partial charge < -0.3 is 4.42 Å². The number of aryl methyl sites for hydroxylation is 1. The maximum atomic E-state index is 12.5. The lowest BCUT2D eigenvalue weighted by atomic mass is 10.1. The molecule has 0 bridgehead atoms. The first kappa shape index (κ1) is 14.7. The van der Waals surface area contributed by atoms with Crippen LogP contribution in [-0.4, -0.2) is 10.4 Å². The normalized spacial score (nSPS) is 11.2. The van der Waals surface area contributed by atoms with Crippen molar-refractivity contribution in [2.45, 2.75) is 13.5 Å². The molecule has 3 aromatic rings. The van der Waals surface area contributed by atoms with Gasteiger partial charge in [0.05, 0.1) is 14.2 Å². The highest BCUT2D eigenvalue weighted by molar-refractivity contribution is 9.13. The molecule has 0 unspecified atom stereocenters. The van der Waals surface area contributed by atoms with Gasteiger partial charge in [-0.1, -0.05) is 0 Å². The van der Waals surface area contributed by atoms with E-state index < -0.39 is 5.76 Å². The number of aromatic nitrogens is 1. The van der Waals surface area contributed by atoms with Crippen molar-refractivity contribution in [3.63, 3.8) is 0 Å². The maximum Gasteiger partial charge on any atom is 0.419 e. The number of carbonyl (C=O) groups is 1. The molecule has 0 atom stereocenters. The number of ketones is 1. The van der Waals surface area contributed by atoms with Crippen LogP contribution in [-0.2, 0) is 6.54 Å². The highest BCUT2D eigenvalue weighted by Crippen LogP contribution is 2.33. The minimum atomic E-state index is -0.404. The highest BCUT2D eigenvalue weighted by atomic mass is 79.9. The third-order valence-electron chi connectivity index (χ3n) is 3.12. The maximum absolute atomic E-state index is 12.5. The molecule has 0 aliphatic rings. The topological polar surface area (TPSA) is 52.2 Å². The lowest BCUT2D eigenvalue weighted by molar-refractivity contribution is 0.104. The predicted octanol–water partition coefficient (Wildman–Crippen LogP) is 4.43. The fourth-order valence-corrected chi connectivity index (χ4v) is 4.11. The minimum absolute atomic E-state index is 0.0970. The Balaban J connectivity index is 2.09. The Morgan fingerprint density at radius 3 is 2.71 bits per heavy atom. The van der Waals surface area contributed by atoms with Crippen LogP contribution in [0.1, 0.15) is 22.2 Å². The lowest BCUT2D eigenvalue weighted by Gasteiger charge is -1.99.